The molecule has 76 valence electrons. The summed E-state index contributed by atoms with van der Waals surface area (Å²) in [5, 5.41) is 8.44. The Hall–Kier alpha value is -1.12. The lowest BCUT2D eigenvalue weighted by atomic mass is 10.2. The molecule has 0 spiro atoms. The van der Waals surface area contributed by atoms with Crippen molar-refractivity contribution in [1.29, 1.82) is 5.26 Å². The summed E-state index contributed by atoms with van der Waals surface area (Å²) < 4.78 is 10.5. The maximum absolute atomic E-state index is 11.2. The van der Waals surface area contributed by atoms with Crippen LogP contribution in [0.3, 0.4) is 0 Å². The van der Waals surface area contributed by atoms with Gasteiger partial charge in [-0.1, -0.05) is 6.58 Å². The van der Waals surface area contributed by atoms with E-state index in [4.69, 9.17) is 14.7 Å². The quantitative estimate of drug-likeness (QED) is 0.275. The molecule has 1 unspecified atom stereocenters. The highest BCUT2D eigenvalue weighted by Gasteiger charge is 2.32. The van der Waals surface area contributed by atoms with Crippen LogP contribution in [0, 0.1) is 11.3 Å². The number of nitriles is 1. The fraction of sp³-hybridized carbons (Fsp3) is 0.556. The van der Waals surface area contributed by atoms with Gasteiger partial charge in [-0.05, 0) is 12.8 Å². The molecular weight excluding hydrogens is 198 g/mol. The van der Waals surface area contributed by atoms with E-state index in [2.05, 4.69) is 6.58 Å². The molecule has 0 radical (unpaired) electrons. The maximum atomic E-state index is 11.2. The van der Waals surface area contributed by atoms with Gasteiger partial charge in [-0.3, -0.25) is 0 Å². The Bertz CT molecular complexity index is 289. The van der Waals surface area contributed by atoms with Gasteiger partial charge in [0.05, 0.1) is 16.8 Å². The SMILES string of the molecule is C=C(C#N)C(=O)OC1([SiH3])CCCCO1. The molecule has 0 N–H and O–H groups in total. The number of carbonyl (C=O) groups excluding carboxylic acids is 1. The van der Waals surface area contributed by atoms with E-state index >= 15 is 0 Å². The van der Waals surface area contributed by atoms with Gasteiger partial charge >= 0.3 is 5.97 Å². The number of rotatable bonds is 2. The highest BCUT2D eigenvalue weighted by Crippen LogP contribution is 2.23. The monoisotopic (exact) mass is 211 g/mol. The summed E-state index contributed by atoms with van der Waals surface area (Å²) in [6, 6.07) is 1.66. The van der Waals surface area contributed by atoms with Crippen molar-refractivity contribution in [3.8, 4) is 6.07 Å². The molecular formula is C9H13NO3Si. The number of hydrogen-bond acceptors (Lipinski definition) is 4. The van der Waals surface area contributed by atoms with Crippen LogP contribution in [0.2, 0.25) is 0 Å². The summed E-state index contributed by atoms with van der Waals surface area (Å²) in [6.07, 6.45) is 2.72. The number of hydrogen-bond donors (Lipinski definition) is 0. The molecule has 1 fully saturated rings. The first kappa shape index (κ1) is 11.0. The third-order valence-electron chi connectivity index (χ3n) is 2.12. The van der Waals surface area contributed by atoms with Gasteiger partial charge in [0, 0.05) is 6.42 Å². The minimum atomic E-state index is -0.741. The van der Waals surface area contributed by atoms with Gasteiger partial charge in [-0.25, -0.2) is 4.79 Å². The Kier molecular flexibility index (Phi) is 3.44. The van der Waals surface area contributed by atoms with Gasteiger partial charge in [-0.15, -0.1) is 0 Å². The summed E-state index contributed by atoms with van der Waals surface area (Å²) in [7, 11) is 0.610. The molecule has 0 aromatic rings. The van der Waals surface area contributed by atoms with Crippen LogP contribution in [0.5, 0.6) is 0 Å². The number of carbonyl (C=O) groups is 1. The molecule has 0 amide bonds. The van der Waals surface area contributed by atoms with Gasteiger partial charge in [0.2, 0.25) is 0 Å². The second kappa shape index (κ2) is 4.40. The Balaban J connectivity index is 2.54. The first-order valence-corrected chi connectivity index (χ1v) is 5.54. The van der Waals surface area contributed by atoms with E-state index in [-0.39, 0.29) is 5.57 Å². The molecule has 1 saturated heterocycles. The fourth-order valence-electron chi connectivity index (χ4n) is 1.29. The summed E-state index contributed by atoms with van der Waals surface area (Å²) in [5.74, 6) is -0.663. The average Bonchev–Trinajstić information content (AvgIpc) is 2.17. The number of esters is 1. The third kappa shape index (κ3) is 2.69. The van der Waals surface area contributed by atoms with Crippen molar-refractivity contribution in [2.75, 3.05) is 6.61 Å². The van der Waals surface area contributed by atoms with Crippen LogP contribution in [0.1, 0.15) is 19.3 Å². The van der Waals surface area contributed by atoms with E-state index in [1.165, 1.54) is 0 Å². The summed E-state index contributed by atoms with van der Waals surface area (Å²) in [4.78, 5) is 11.2. The minimum Gasteiger partial charge on any atom is -0.434 e. The van der Waals surface area contributed by atoms with Crippen molar-refractivity contribution in [2.45, 2.75) is 24.7 Å². The van der Waals surface area contributed by atoms with Crippen molar-refractivity contribution < 1.29 is 14.3 Å². The molecule has 0 aromatic heterocycles. The molecule has 4 nitrogen and oxygen atoms in total. The number of nitrogens with zero attached hydrogens (tertiary/aromatic N) is 1. The van der Waals surface area contributed by atoms with Crippen molar-refractivity contribution in [1.82, 2.24) is 0 Å². The largest absolute Gasteiger partial charge is 0.434 e. The molecule has 1 heterocycles. The van der Waals surface area contributed by atoms with E-state index in [0.717, 1.165) is 19.3 Å². The van der Waals surface area contributed by atoms with Crippen LogP contribution in [-0.2, 0) is 14.3 Å². The molecule has 1 atom stereocenters. The van der Waals surface area contributed by atoms with Crippen LogP contribution >= 0.6 is 0 Å². The van der Waals surface area contributed by atoms with Crippen molar-refractivity contribution >= 4 is 16.2 Å². The Morgan fingerprint density at radius 3 is 2.86 bits per heavy atom. The van der Waals surface area contributed by atoms with Gasteiger partial charge < -0.3 is 9.47 Å². The van der Waals surface area contributed by atoms with Crippen LogP contribution in [0.4, 0.5) is 0 Å². The second-order valence-corrected chi connectivity index (χ2v) is 4.94. The lowest BCUT2D eigenvalue weighted by Crippen LogP contribution is -2.41. The Labute approximate surface area is 85.9 Å². The van der Waals surface area contributed by atoms with E-state index < -0.39 is 11.4 Å². The first-order valence-electron chi connectivity index (χ1n) is 4.54. The second-order valence-electron chi connectivity index (χ2n) is 3.42. The molecule has 5 heteroatoms. The first-order chi connectivity index (χ1) is 6.57. The van der Waals surface area contributed by atoms with E-state index in [0.29, 0.717) is 16.8 Å². The zero-order chi connectivity index (χ0) is 10.6. The van der Waals surface area contributed by atoms with Gasteiger partial charge in [-0.2, -0.15) is 5.26 Å². The molecule has 1 rings (SSSR count). The van der Waals surface area contributed by atoms with Gasteiger partial charge in [0.15, 0.2) is 5.41 Å². The van der Waals surface area contributed by atoms with Gasteiger partial charge in [0.1, 0.15) is 11.6 Å². The molecule has 0 bridgehead atoms. The average molecular weight is 211 g/mol. The molecule has 0 aromatic carbocycles. The predicted molar refractivity (Wildman–Crippen MR) is 53.3 cm³/mol. The highest BCUT2D eigenvalue weighted by molar-refractivity contribution is 6.14. The van der Waals surface area contributed by atoms with Crippen LogP contribution in [-0.4, -0.2) is 28.2 Å². The lowest BCUT2D eigenvalue weighted by Gasteiger charge is -2.33. The predicted octanol–water partition coefficient (Wildman–Crippen LogP) is -0.171. The summed E-state index contributed by atoms with van der Waals surface area (Å²) in [6.45, 7) is 3.91. The lowest BCUT2D eigenvalue weighted by molar-refractivity contribution is -0.201. The maximum Gasteiger partial charge on any atom is 0.350 e. The normalized spacial score (nSPS) is 26.5. The Morgan fingerprint density at radius 2 is 2.36 bits per heavy atom. The van der Waals surface area contributed by atoms with Crippen molar-refractivity contribution in [3.63, 3.8) is 0 Å². The minimum absolute atomic E-state index is 0.172. The topological polar surface area (TPSA) is 59.3 Å². The van der Waals surface area contributed by atoms with Crippen LogP contribution in [0.15, 0.2) is 12.2 Å². The zero-order valence-electron chi connectivity index (χ0n) is 8.21. The van der Waals surface area contributed by atoms with Crippen molar-refractivity contribution in [2.24, 2.45) is 0 Å². The fourth-order valence-corrected chi connectivity index (χ4v) is 2.04. The molecule has 0 aliphatic carbocycles. The third-order valence-corrected chi connectivity index (χ3v) is 3.12. The molecule has 1 aliphatic heterocycles. The molecule has 14 heavy (non-hydrogen) atoms. The molecule has 1 aliphatic rings. The smallest absolute Gasteiger partial charge is 0.350 e. The van der Waals surface area contributed by atoms with E-state index in [1.807, 2.05) is 0 Å². The number of ether oxygens (including phenoxy) is 2. The summed E-state index contributed by atoms with van der Waals surface area (Å²) >= 11 is 0. The highest BCUT2D eigenvalue weighted by atomic mass is 28.1. The summed E-state index contributed by atoms with van der Waals surface area (Å²) in [5.41, 5.74) is -0.913. The van der Waals surface area contributed by atoms with Crippen molar-refractivity contribution in [3.05, 3.63) is 12.2 Å². The zero-order valence-corrected chi connectivity index (χ0v) is 10.2. The van der Waals surface area contributed by atoms with Crippen LogP contribution in [0.25, 0.3) is 0 Å². The Morgan fingerprint density at radius 1 is 1.64 bits per heavy atom. The molecule has 0 saturated carbocycles. The van der Waals surface area contributed by atoms with E-state index in [9.17, 15) is 4.79 Å². The van der Waals surface area contributed by atoms with Gasteiger partial charge in [0.25, 0.3) is 0 Å². The van der Waals surface area contributed by atoms with Crippen LogP contribution < -0.4 is 0 Å². The van der Waals surface area contributed by atoms with E-state index in [1.54, 1.807) is 6.07 Å². The standard InChI is InChI=1S/C9H13NO3Si/c1-7(6-10)8(11)13-9(14)4-2-3-5-12-9/h1-5H2,14H3.